The van der Waals surface area contributed by atoms with Crippen LogP contribution in [-0.4, -0.2) is 35.0 Å². The number of alkyl halides is 3. The van der Waals surface area contributed by atoms with Crippen LogP contribution in [0.1, 0.15) is 26.2 Å². The lowest BCUT2D eigenvalue weighted by molar-refractivity contribution is -0.135. The summed E-state index contributed by atoms with van der Waals surface area (Å²) < 4.78 is 37.5. The van der Waals surface area contributed by atoms with Crippen molar-refractivity contribution in [3.8, 4) is 0 Å². The minimum absolute atomic E-state index is 0.0873. The molecule has 8 heteroatoms. The highest BCUT2D eigenvalue weighted by molar-refractivity contribution is 5.75. The largest absolute Gasteiger partial charge is 0.389 e. The Morgan fingerprint density at radius 2 is 2.20 bits per heavy atom. The Bertz CT molecular complexity index is 431. The van der Waals surface area contributed by atoms with Crippen LogP contribution in [0.3, 0.4) is 0 Å². The molecule has 1 amide bonds. The summed E-state index contributed by atoms with van der Waals surface area (Å²) in [5.41, 5.74) is 0.688. The van der Waals surface area contributed by atoms with E-state index in [0.717, 1.165) is 0 Å². The molecule has 0 saturated heterocycles. The zero-order valence-corrected chi connectivity index (χ0v) is 11.5. The number of nitrogens with zero attached hydrogens (tertiary/aromatic N) is 2. The highest BCUT2D eigenvalue weighted by atomic mass is 19.4. The van der Waals surface area contributed by atoms with Gasteiger partial charge in [-0.3, -0.25) is 9.48 Å². The van der Waals surface area contributed by atoms with E-state index >= 15 is 0 Å². The maximum atomic E-state index is 12.0. The van der Waals surface area contributed by atoms with Crippen LogP contribution in [0.25, 0.3) is 0 Å². The van der Waals surface area contributed by atoms with Gasteiger partial charge >= 0.3 is 6.18 Å². The van der Waals surface area contributed by atoms with E-state index in [9.17, 15) is 18.0 Å². The number of aromatic nitrogens is 2. The summed E-state index contributed by atoms with van der Waals surface area (Å²) in [5, 5.41) is 9.53. The van der Waals surface area contributed by atoms with Crippen LogP contribution in [0.4, 0.5) is 18.9 Å². The van der Waals surface area contributed by atoms with E-state index in [-0.39, 0.29) is 24.9 Å². The number of hydrogen-bond acceptors (Lipinski definition) is 3. The van der Waals surface area contributed by atoms with Crippen LogP contribution >= 0.6 is 0 Å². The van der Waals surface area contributed by atoms with Gasteiger partial charge in [0.1, 0.15) is 6.54 Å². The molecule has 5 nitrogen and oxygen atoms in total. The molecule has 114 valence electrons. The van der Waals surface area contributed by atoms with Crippen LogP contribution in [0.2, 0.25) is 0 Å². The van der Waals surface area contributed by atoms with Gasteiger partial charge in [-0.2, -0.15) is 18.3 Å². The van der Waals surface area contributed by atoms with Crippen LogP contribution < -0.4 is 10.6 Å². The van der Waals surface area contributed by atoms with Crippen molar-refractivity contribution in [2.75, 3.05) is 12.4 Å². The first-order valence-electron chi connectivity index (χ1n) is 6.36. The number of carbonyl (C=O) groups excluding carboxylic acids is 1. The molecule has 20 heavy (non-hydrogen) atoms. The fourth-order valence-electron chi connectivity index (χ4n) is 1.72. The molecule has 1 rings (SSSR count). The Morgan fingerprint density at radius 1 is 1.50 bits per heavy atom. The predicted molar refractivity (Wildman–Crippen MR) is 69.3 cm³/mol. The molecule has 1 unspecified atom stereocenters. The Balaban J connectivity index is 2.35. The Labute approximate surface area is 115 Å². The van der Waals surface area contributed by atoms with Crippen molar-refractivity contribution in [1.82, 2.24) is 15.1 Å². The number of halogens is 3. The quantitative estimate of drug-likeness (QED) is 0.809. The number of carbonyl (C=O) groups is 1. The highest BCUT2D eigenvalue weighted by Crippen LogP contribution is 2.23. The first-order valence-corrected chi connectivity index (χ1v) is 6.36. The molecule has 1 atom stereocenters. The van der Waals surface area contributed by atoms with E-state index in [4.69, 9.17) is 0 Å². The van der Waals surface area contributed by atoms with Gasteiger partial charge in [-0.1, -0.05) is 0 Å². The number of amides is 1. The molecule has 0 aliphatic carbocycles. The molecule has 0 aliphatic heterocycles. The van der Waals surface area contributed by atoms with Crippen molar-refractivity contribution in [1.29, 1.82) is 0 Å². The molecule has 0 spiro atoms. The first kappa shape index (κ1) is 16.3. The molecule has 0 aliphatic rings. The van der Waals surface area contributed by atoms with Crippen molar-refractivity contribution in [3.63, 3.8) is 0 Å². The van der Waals surface area contributed by atoms with Gasteiger partial charge in [-0.25, -0.2) is 0 Å². The molecule has 0 saturated carbocycles. The standard InChI is InChI=1S/C12H19F3N4O/c1-9(4-3-5-12(13,14)15)18-10-6-17-19(7-10)8-11(20)16-2/h6-7,9,18H,3-5,8H2,1-2H3,(H,16,20). The van der Waals surface area contributed by atoms with Gasteiger partial charge < -0.3 is 10.6 Å². The van der Waals surface area contributed by atoms with Crippen LogP contribution in [0.5, 0.6) is 0 Å². The van der Waals surface area contributed by atoms with E-state index in [1.807, 2.05) is 6.92 Å². The minimum atomic E-state index is -4.10. The third-order valence-electron chi connectivity index (χ3n) is 2.73. The third-order valence-corrected chi connectivity index (χ3v) is 2.73. The lowest BCUT2D eigenvalue weighted by Gasteiger charge is -2.14. The molecular formula is C12H19F3N4O. The molecule has 1 heterocycles. The Kier molecular flexibility index (Phi) is 5.84. The van der Waals surface area contributed by atoms with Crippen molar-refractivity contribution < 1.29 is 18.0 Å². The average Bonchev–Trinajstić information content (AvgIpc) is 2.74. The summed E-state index contributed by atoms with van der Waals surface area (Å²) in [6.45, 7) is 1.92. The molecule has 1 aromatic rings. The van der Waals surface area contributed by atoms with Gasteiger partial charge in [0.05, 0.1) is 11.9 Å². The Hall–Kier alpha value is -1.73. The summed E-state index contributed by atoms with van der Waals surface area (Å²) in [4.78, 5) is 11.1. The van der Waals surface area contributed by atoms with Crippen molar-refractivity contribution in [2.45, 2.75) is 44.9 Å². The molecule has 1 aromatic heterocycles. The third kappa shape index (κ3) is 6.44. The summed E-state index contributed by atoms with van der Waals surface area (Å²) in [6.07, 6.45) is -1.17. The number of likely N-dealkylation sites (N-methyl/N-ethyl adjacent to an activating group) is 1. The molecule has 2 N–H and O–H groups in total. The molecular weight excluding hydrogens is 273 g/mol. The lowest BCUT2D eigenvalue weighted by atomic mass is 10.1. The number of hydrogen-bond donors (Lipinski definition) is 2. The van der Waals surface area contributed by atoms with Crippen LogP contribution in [0, 0.1) is 0 Å². The van der Waals surface area contributed by atoms with Gasteiger partial charge in [-0.15, -0.1) is 0 Å². The zero-order chi connectivity index (χ0) is 15.2. The van der Waals surface area contributed by atoms with Gasteiger partial charge in [-0.05, 0) is 19.8 Å². The SMILES string of the molecule is CNC(=O)Cn1cc(NC(C)CCCC(F)(F)F)cn1. The second-order valence-electron chi connectivity index (χ2n) is 4.65. The van der Waals surface area contributed by atoms with Gasteiger partial charge in [0.15, 0.2) is 0 Å². The van der Waals surface area contributed by atoms with E-state index in [0.29, 0.717) is 12.1 Å². The van der Waals surface area contributed by atoms with Gasteiger partial charge in [0, 0.05) is 25.7 Å². The number of anilines is 1. The molecule has 0 fully saturated rings. The maximum absolute atomic E-state index is 12.0. The Morgan fingerprint density at radius 3 is 2.80 bits per heavy atom. The molecule has 0 radical (unpaired) electrons. The smallest absolute Gasteiger partial charge is 0.380 e. The summed E-state index contributed by atoms with van der Waals surface area (Å²) >= 11 is 0. The van der Waals surface area contributed by atoms with Crippen molar-refractivity contribution in [3.05, 3.63) is 12.4 Å². The van der Waals surface area contributed by atoms with Crippen molar-refractivity contribution in [2.24, 2.45) is 0 Å². The fraction of sp³-hybridized carbons (Fsp3) is 0.667. The predicted octanol–water partition coefficient (Wildman–Crippen LogP) is 2.16. The van der Waals surface area contributed by atoms with Gasteiger partial charge in [0.2, 0.25) is 5.91 Å². The van der Waals surface area contributed by atoms with Gasteiger partial charge in [0.25, 0.3) is 0 Å². The maximum Gasteiger partial charge on any atom is 0.389 e. The first-order chi connectivity index (χ1) is 9.30. The highest BCUT2D eigenvalue weighted by Gasteiger charge is 2.26. The van der Waals surface area contributed by atoms with E-state index in [1.165, 1.54) is 11.7 Å². The molecule has 0 aromatic carbocycles. The average molecular weight is 292 g/mol. The van der Waals surface area contributed by atoms with E-state index in [1.54, 1.807) is 12.4 Å². The van der Waals surface area contributed by atoms with Crippen molar-refractivity contribution >= 4 is 11.6 Å². The van der Waals surface area contributed by atoms with Crippen LogP contribution in [-0.2, 0) is 11.3 Å². The number of rotatable bonds is 7. The summed E-state index contributed by atoms with van der Waals surface area (Å²) in [7, 11) is 1.54. The fourth-order valence-corrected chi connectivity index (χ4v) is 1.72. The lowest BCUT2D eigenvalue weighted by Crippen LogP contribution is -2.23. The zero-order valence-electron chi connectivity index (χ0n) is 11.5. The monoisotopic (exact) mass is 292 g/mol. The summed E-state index contributed by atoms with van der Waals surface area (Å²) in [6, 6.07) is -0.0880. The van der Waals surface area contributed by atoms with E-state index in [2.05, 4.69) is 15.7 Å². The topological polar surface area (TPSA) is 59.0 Å². The van der Waals surface area contributed by atoms with E-state index < -0.39 is 12.6 Å². The second-order valence-corrected chi connectivity index (χ2v) is 4.65. The minimum Gasteiger partial charge on any atom is -0.380 e. The molecule has 0 bridgehead atoms. The second kappa shape index (κ2) is 7.16. The summed E-state index contributed by atoms with van der Waals surface area (Å²) in [5.74, 6) is -0.169. The normalized spacial score (nSPS) is 13.1. The van der Waals surface area contributed by atoms with Crippen LogP contribution in [0.15, 0.2) is 12.4 Å². The number of nitrogens with one attached hydrogen (secondary N) is 2.